The van der Waals surface area contributed by atoms with Crippen LogP contribution in [0.15, 0.2) is 12.2 Å². The lowest BCUT2D eigenvalue weighted by Crippen LogP contribution is -2.45. The van der Waals surface area contributed by atoms with Crippen molar-refractivity contribution in [3.63, 3.8) is 0 Å². The van der Waals surface area contributed by atoms with Crippen LogP contribution in [0.4, 0.5) is 0 Å². The summed E-state index contributed by atoms with van der Waals surface area (Å²) in [5, 5.41) is 0. The summed E-state index contributed by atoms with van der Waals surface area (Å²) < 4.78 is 4.50. The highest BCUT2D eigenvalue weighted by Gasteiger charge is 2.47. The molecule has 1 aliphatic heterocycles. The number of ether oxygens (including phenoxy) is 1. The second-order valence-electron chi connectivity index (χ2n) is 3.11. The molecule has 2 rings (SSSR count). The Bertz CT molecular complexity index is 284. The van der Waals surface area contributed by atoms with Gasteiger partial charge in [0, 0.05) is 0 Å². The maximum Gasteiger partial charge on any atom is 0.338 e. The number of hydrogen-bond donors (Lipinski definition) is 0. The molecule has 2 unspecified atom stereocenters. The summed E-state index contributed by atoms with van der Waals surface area (Å²) in [7, 11) is 0. The Morgan fingerprint density at radius 3 is 3.08 bits per heavy atom. The minimum atomic E-state index is -1.07. The Labute approximate surface area is 74.3 Å². The number of rotatable bonds is 0. The Morgan fingerprint density at radius 1 is 1.58 bits per heavy atom. The molecule has 12 heavy (non-hydrogen) atoms. The third-order valence-corrected chi connectivity index (χ3v) is 2.65. The largest absolute Gasteiger partial charge is 0.391 e. The van der Waals surface area contributed by atoms with Crippen LogP contribution in [0.3, 0.4) is 0 Å². The van der Waals surface area contributed by atoms with Gasteiger partial charge < -0.3 is 4.74 Å². The molecule has 0 amide bonds. The molecule has 4 heteroatoms. The standard InChI is InChI=1S/C8H7ClO3/c9-8-3-1-2-5(4-8)6(10)12-7(8)11/h1,3,5H,2,4H2. The number of allylic oxidation sites excluding steroid dienone is 1. The van der Waals surface area contributed by atoms with Crippen molar-refractivity contribution < 1.29 is 14.3 Å². The molecule has 2 atom stereocenters. The molecule has 3 nitrogen and oxygen atoms in total. The van der Waals surface area contributed by atoms with E-state index in [-0.39, 0.29) is 5.92 Å². The predicted molar refractivity (Wildman–Crippen MR) is 41.5 cm³/mol. The number of halogens is 1. The predicted octanol–water partition coefficient (Wildman–Crippen LogP) is 1.01. The van der Waals surface area contributed by atoms with Gasteiger partial charge in [-0.1, -0.05) is 12.2 Å². The highest BCUT2D eigenvalue weighted by molar-refractivity contribution is 6.37. The van der Waals surface area contributed by atoms with Gasteiger partial charge in [-0.15, -0.1) is 11.6 Å². The number of esters is 2. The van der Waals surface area contributed by atoms with Gasteiger partial charge >= 0.3 is 11.9 Å². The fourth-order valence-corrected chi connectivity index (χ4v) is 1.83. The first-order valence-electron chi connectivity index (χ1n) is 3.74. The first-order chi connectivity index (χ1) is 5.62. The molecule has 1 fully saturated rings. The average molecular weight is 187 g/mol. The molecule has 0 aromatic heterocycles. The van der Waals surface area contributed by atoms with E-state index in [0.717, 1.165) is 0 Å². The van der Waals surface area contributed by atoms with Crippen LogP contribution < -0.4 is 0 Å². The van der Waals surface area contributed by atoms with E-state index in [4.69, 9.17) is 11.6 Å². The van der Waals surface area contributed by atoms with E-state index < -0.39 is 16.8 Å². The monoisotopic (exact) mass is 186 g/mol. The molecule has 1 heterocycles. The number of carbonyl (C=O) groups excluding carboxylic acids is 2. The topological polar surface area (TPSA) is 43.4 Å². The van der Waals surface area contributed by atoms with Gasteiger partial charge in [0.05, 0.1) is 5.92 Å². The van der Waals surface area contributed by atoms with Crippen molar-refractivity contribution in [2.75, 3.05) is 0 Å². The fourth-order valence-electron chi connectivity index (χ4n) is 1.52. The number of carbonyl (C=O) groups is 2. The fraction of sp³-hybridized carbons (Fsp3) is 0.500. The van der Waals surface area contributed by atoms with Crippen LogP contribution >= 0.6 is 11.6 Å². The van der Waals surface area contributed by atoms with Gasteiger partial charge in [0.2, 0.25) is 0 Å². The van der Waals surface area contributed by atoms with Crippen LogP contribution in [0.2, 0.25) is 0 Å². The number of cyclic esters (lactones) is 2. The van der Waals surface area contributed by atoms with Crippen LogP contribution in [0.5, 0.6) is 0 Å². The SMILES string of the molecule is O=C1OC(=O)C2(Cl)C=CCC1C2. The van der Waals surface area contributed by atoms with Crippen molar-refractivity contribution in [2.24, 2.45) is 5.92 Å². The molecular formula is C8H7ClO3. The van der Waals surface area contributed by atoms with Crippen LogP contribution in [0.25, 0.3) is 0 Å². The lowest BCUT2D eigenvalue weighted by Gasteiger charge is -2.33. The van der Waals surface area contributed by atoms with E-state index in [1.807, 2.05) is 0 Å². The van der Waals surface area contributed by atoms with Crippen molar-refractivity contribution in [1.82, 2.24) is 0 Å². The maximum atomic E-state index is 11.1. The summed E-state index contributed by atoms with van der Waals surface area (Å²) in [5.74, 6) is -1.31. The van der Waals surface area contributed by atoms with Crippen LogP contribution in [-0.2, 0) is 14.3 Å². The van der Waals surface area contributed by atoms with Crippen LogP contribution in [-0.4, -0.2) is 16.8 Å². The van der Waals surface area contributed by atoms with E-state index in [1.54, 1.807) is 12.2 Å². The third kappa shape index (κ3) is 0.966. The summed E-state index contributed by atoms with van der Waals surface area (Å²) in [6.45, 7) is 0. The van der Waals surface area contributed by atoms with E-state index >= 15 is 0 Å². The zero-order chi connectivity index (χ0) is 8.77. The normalized spacial score (nSPS) is 39.6. The zero-order valence-corrected chi connectivity index (χ0v) is 7.00. The molecule has 0 saturated carbocycles. The zero-order valence-electron chi connectivity index (χ0n) is 6.25. The molecule has 0 aromatic carbocycles. The van der Waals surface area contributed by atoms with Crippen molar-refractivity contribution in [3.05, 3.63) is 12.2 Å². The minimum absolute atomic E-state index is 0.231. The number of hydrogen-bond acceptors (Lipinski definition) is 3. The van der Waals surface area contributed by atoms with Crippen molar-refractivity contribution in [1.29, 1.82) is 0 Å². The average Bonchev–Trinajstić information content (AvgIpc) is 2.02. The van der Waals surface area contributed by atoms with E-state index in [2.05, 4.69) is 4.74 Å². The number of fused-ring (bicyclic) bond motifs is 2. The van der Waals surface area contributed by atoms with Crippen molar-refractivity contribution in [3.8, 4) is 0 Å². The summed E-state index contributed by atoms with van der Waals surface area (Å²) in [6.07, 6.45) is 4.38. The highest BCUT2D eigenvalue weighted by Crippen LogP contribution is 2.38. The van der Waals surface area contributed by atoms with Gasteiger partial charge in [-0.25, -0.2) is 4.79 Å². The van der Waals surface area contributed by atoms with Crippen LogP contribution in [0, 0.1) is 5.92 Å². The molecule has 64 valence electrons. The lowest BCUT2D eigenvalue weighted by molar-refractivity contribution is -0.169. The first kappa shape index (κ1) is 7.80. The Hall–Kier alpha value is -0.830. The molecular weight excluding hydrogens is 180 g/mol. The molecule has 0 N–H and O–H groups in total. The van der Waals surface area contributed by atoms with Gasteiger partial charge in [-0.2, -0.15) is 0 Å². The van der Waals surface area contributed by atoms with Gasteiger partial charge in [-0.05, 0) is 12.8 Å². The van der Waals surface area contributed by atoms with Gasteiger partial charge in [-0.3, -0.25) is 4.79 Å². The molecule has 2 bridgehead atoms. The Morgan fingerprint density at radius 2 is 2.33 bits per heavy atom. The minimum Gasteiger partial charge on any atom is -0.391 e. The van der Waals surface area contributed by atoms with Crippen LogP contribution in [0.1, 0.15) is 12.8 Å². The molecule has 0 aromatic rings. The highest BCUT2D eigenvalue weighted by atomic mass is 35.5. The Balaban J connectivity index is 2.38. The summed E-state index contributed by atoms with van der Waals surface area (Å²) in [4.78, 5) is 21.1. The molecule has 2 aliphatic rings. The molecule has 0 spiro atoms. The smallest absolute Gasteiger partial charge is 0.338 e. The van der Waals surface area contributed by atoms with E-state index in [0.29, 0.717) is 12.8 Å². The second-order valence-corrected chi connectivity index (χ2v) is 3.78. The van der Waals surface area contributed by atoms with Gasteiger partial charge in [0.1, 0.15) is 0 Å². The Kier molecular flexibility index (Phi) is 1.51. The van der Waals surface area contributed by atoms with E-state index in [9.17, 15) is 9.59 Å². The third-order valence-electron chi connectivity index (χ3n) is 2.21. The molecule has 1 saturated heterocycles. The van der Waals surface area contributed by atoms with Crippen molar-refractivity contribution in [2.45, 2.75) is 17.7 Å². The summed E-state index contributed by atoms with van der Waals surface area (Å²) >= 11 is 5.91. The van der Waals surface area contributed by atoms with Gasteiger partial charge in [0.25, 0.3) is 0 Å². The maximum absolute atomic E-state index is 11.1. The summed E-state index contributed by atoms with van der Waals surface area (Å²) in [5.41, 5.74) is 0. The number of alkyl halides is 1. The molecule has 1 aliphatic carbocycles. The van der Waals surface area contributed by atoms with Gasteiger partial charge in [0.15, 0.2) is 4.87 Å². The second kappa shape index (κ2) is 2.33. The quantitative estimate of drug-likeness (QED) is 0.246. The first-order valence-corrected chi connectivity index (χ1v) is 4.12. The molecule has 0 radical (unpaired) electrons. The summed E-state index contributed by atoms with van der Waals surface area (Å²) in [6, 6.07) is 0. The van der Waals surface area contributed by atoms with Crippen molar-refractivity contribution >= 4 is 23.5 Å². The van der Waals surface area contributed by atoms with E-state index in [1.165, 1.54) is 0 Å². The lowest BCUT2D eigenvalue weighted by atomic mass is 9.84.